The molecule has 2 heterocycles. The van der Waals surface area contributed by atoms with Gasteiger partial charge < -0.3 is 10.1 Å². The number of nitrogens with one attached hydrogen (secondary N) is 1. The van der Waals surface area contributed by atoms with Gasteiger partial charge in [-0.1, -0.05) is 40.2 Å². The summed E-state index contributed by atoms with van der Waals surface area (Å²) in [5.74, 6) is 1.61. The van der Waals surface area contributed by atoms with E-state index in [-0.39, 0.29) is 6.04 Å². The summed E-state index contributed by atoms with van der Waals surface area (Å²) in [5.41, 5.74) is 3.26. The van der Waals surface area contributed by atoms with Crippen molar-refractivity contribution in [1.82, 2.24) is 14.8 Å². The quantitative estimate of drug-likeness (QED) is 0.705. The van der Waals surface area contributed by atoms with Crippen molar-refractivity contribution < 1.29 is 4.74 Å². The Morgan fingerprint density at radius 2 is 1.88 bits per heavy atom. The molecule has 0 fully saturated rings. The molecule has 0 radical (unpaired) electrons. The average molecular weight is 397 g/mol. The molecule has 1 aromatic heterocycles. The molecular weight excluding hydrogens is 380 g/mol. The topological polar surface area (TPSA) is 52.0 Å². The predicted molar refractivity (Wildman–Crippen MR) is 102 cm³/mol. The van der Waals surface area contributed by atoms with Crippen LogP contribution in [0.4, 0.5) is 5.95 Å². The van der Waals surface area contributed by atoms with Gasteiger partial charge in [-0.05, 0) is 48.4 Å². The maximum Gasteiger partial charge on any atom is 0.226 e. The summed E-state index contributed by atoms with van der Waals surface area (Å²) in [4.78, 5) is 4.34. The molecule has 126 valence electrons. The van der Waals surface area contributed by atoms with Crippen LogP contribution in [0.15, 0.2) is 65.4 Å². The first-order valence-electron chi connectivity index (χ1n) is 8.11. The number of nitrogens with zero attached hydrogens (tertiary/aromatic N) is 3. The largest absolute Gasteiger partial charge is 0.494 e. The number of fused-ring (bicyclic) bond motifs is 1. The Labute approximate surface area is 154 Å². The Morgan fingerprint density at radius 3 is 2.60 bits per heavy atom. The number of hydrogen-bond acceptors (Lipinski definition) is 4. The van der Waals surface area contributed by atoms with E-state index in [1.54, 1.807) is 6.33 Å². The minimum absolute atomic E-state index is 0.0203. The summed E-state index contributed by atoms with van der Waals surface area (Å²) < 4.78 is 8.48. The van der Waals surface area contributed by atoms with Gasteiger partial charge in [-0.25, -0.2) is 4.68 Å². The molecular formula is C19H17BrN4O. The second-order valence-electron chi connectivity index (χ2n) is 5.69. The van der Waals surface area contributed by atoms with Crippen LogP contribution in [0.5, 0.6) is 5.75 Å². The highest BCUT2D eigenvalue weighted by Gasteiger charge is 2.23. The van der Waals surface area contributed by atoms with Crippen LogP contribution in [-0.2, 0) is 0 Å². The van der Waals surface area contributed by atoms with E-state index in [0.717, 1.165) is 33.0 Å². The van der Waals surface area contributed by atoms with Gasteiger partial charge in [0.05, 0.1) is 6.61 Å². The highest BCUT2D eigenvalue weighted by Crippen LogP contribution is 2.32. The maximum absolute atomic E-state index is 5.54. The second-order valence-corrected chi connectivity index (χ2v) is 6.60. The number of anilines is 1. The molecule has 0 spiro atoms. The number of aromatic nitrogens is 3. The first kappa shape index (κ1) is 15.9. The fraction of sp³-hybridized carbons (Fsp3) is 0.158. The van der Waals surface area contributed by atoms with Gasteiger partial charge in [0.15, 0.2) is 0 Å². The van der Waals surface area contributed by atoms with Crippen molar-refractivity contribution in [3.05, 3.63) is 76.5 Å². The lowest BCUT2D eigenvalue weighted by atomic mass is 10.0. The molecule has 0 saturated heterocycles. The Morgan fingerprint density at radius 1 is 1.12 bits per heavy atom. The van der Waals surface area contributed by atoms with Crippen LogP contribution >= 0.6 is 15.9 Å². The lowest BCUT2D eigenvalue weighted by Gasteiger charge is -2.24. The van der Waals surface area contributed by atoms with Crippen LogP contribution in [0.3, 0.4) is 0 Å². The third-order valence-corrected chi connectivity index (χ3v) is 4.62. The van der Waals surface area contributed by atoms with E-state index in [1.807, 2.05) is 35.9 Å². The van der Waals surface area contributed by atoms with E-state index in [0.29, 0.717) is 6.61 Å². The van der Waals surface area contributed by atoms with Gasteiger partial charge in [-0.3, -0.25) is 0 Å². The van der Waals surface area contributed by atoms with Gasteiger partial charge >= 0.3 is 0 Å². The molecule has 3 aromatic rings. The normalized spacial score (nSPS) is 15.9. The highest BCUT2D eigenvalue weighted by molar-refractivity contribution is 9.10. The zero-order chi connectivity index (χ0) is 17.2. The first-order chi connectivity index (χ1) is 12.2. The second kappa shape index (κ2) is 6.72. The minimum atomic E-state index is -0.0203. The Balaban J connectivity index is 1.73. The van der Waals surface area contributed by atoms with Gasteiger partial charge in [-0.2, -0.15) is 10.1 Å². The third kappa shape index (κ3) is 3.17. The monoisotopic (exact) mass is 396 g/mol. The van der Waals surface area contributed by atoms with Gasteiger partial charge in [0.1, 0.15) is 18.1 Å². The Kier molecular flexibility index (Phi) is 4.28. The van der Waals surface area contributed by atoms with Gasteiger partial charge in [0.2, 0.25) is 5.95 Å². The lowest BCUT2D eigenvalue weighted by molar-refractivity contribution is 0.340. The summed E-state index contributed by atoms with van der Waals surface area (Å²) in [6.45, 7) is 2.64. The molecule has 1 atom stereocenters. The van der Waals surface area contributed by atoms with Crippen LogP contribution in [0.1, 0.15) is 24.1 Å². The van der Waals surface area contributed by atoms with Gasteiger partial charge in [0, 0.05) is 10.2 Å². The van der Waals surface area contributed by atoms with E-state index in [2.05, 4.69) is 61.7 Å². The third-order valence-electron chi connectivity index (χ3n) is 4.10. The number of halogens is 1. The maximum atomic E-state index is 5.54. The van der Waals surface area contributed by atoms with Crippen LogP contribution in [0, 0.1) is 0 Å². The van der Waals surface area contributed by atoms with Crippen molar-refractivity contribution in [2.45, 2.75) is 13.0 Å². The molecule has 0 amide bonds. The van der Waals surface area contributed by atoms with Crippen molar-refractivity contribution in [1.29, 1.82) is 0 Å². The number of allylic oxidation sites excluding steroid dienone is 1. The molecule has 0 aliphatic carbocycles. The summed E-state index contributed by atoms with van der Waals surface area (Å²) in [6.07, 6.45) is 3.74. The smallest absolute Gasteiger partial charge is 0.226 e. The van der Waals surface area contributed by atoms with Crippen molar-refractivity contribution >= 4 is 27.6 Å². The molecule has 4 rings (SSSR count). The first-order valence-corrected chi connectivity index (χ1v) is 8.91. The zero-order valence-corrected chi connectivity index (χ0v) is 15.3. The van der Waals surface area contributed by atoms with Crippen LogP contribution in [0.2, 0.25) is 0 Å². The van der Waals surface area contributed by atoms with E-state index < -0.39 is 0 Å². The summed E-state index contributed by atoms with van der Waals surface area (Å²) in [5, 5.41) is 7.73. The fourth-order valence-corrected chi connectivity index (χ4v) is 3.16. The van der Waals surface area contributed by atoms with Crippen LogP contribution in [-0.4, -0.2) is 21.4 Å². The Hall–Kier alpha value is -2.60. The van der Waals surface area contributed by atoms with Crippen molar-refractivity contribution in [3.8, 4) is 5.75 Å². The molecule has 1 aliphatic rings. The zero-order valence-electron chi connectivity index (χ0n) is 13.7. The van der Waals surface area contributed by atoms with E-state index >= 15 is 0 Å². The molecule has 1 aliphatic heterocycles. The lowest BCUT2D eigenvalue weighted by Crippen LogP contribution is -2.20. The van der Waals surface area contributed by atoms with E-state index in [1.165, 1.54) is 0 Å². The molecule has 0 bridgehead atoms. The van der Waals surface area contributed by atoms with Crippen molar-refractivity contribution in [2.24, 2.45) is 0 Å². The molecule has 0 saturated carbocycles. The highest BCUT2D eigenvalue weighted by atomic mass is 79.9. The SMILES string of the molecule is CCOc1ccc([C@@H]2C=C(c3ccc(Br)cc3)Nc3ncnn32)cc1. The average Bonchev–Trinajstić information content (AvgIpc) is 3.11. The Bertz CT molecular complexity index is 900. The van der Waals surface area contributed by atoms with Crippen molar-refractivity contribution in [3.63, 3.8) is 0 Å². The van der Waals surface area contributed by atoms with Gasteiger partial charge in [-0.15, -0.1) is 0 Å². The van der Waals surface area contributed by atoms with Crippen molar-refractivity contribution in [2.75, 3.05) is 11.9 Å². The predicted octanol–water partition coefficient (Wildman–Crippen LogP) is 4.50. The molecule has 1 N–H and O–H groups in total. The molecule has 2 aromatic carbocycles. The molecule has 5 nitrogen and oxygen atoms in total. The number of rotatable bonds is 4. The molecule has 0 unspecified atom stereocenters. The molecule has 25 heavy (non-hydrogen) atoms. The number of hydrogen-bond donors (Lipinski definition) is 1. The van der Waals surface area contributed by atoms with Crippen LogP contribution in [0.25, 0.3) is 5.70 Å². The van der Waals surface area contributed by atoms with Crippen LogP contribution < -0.4 is 10.1 Å². The van der Waals surface area contributed by atoms with Gasteiger partial charge in [0.25, 0.3) is 0 Å². The minimum Gasteiger partial charge on any atom is -0.494 e. The molecule has 6 heteroatoms. The standard InChI is InChI=1S/C19H17BrN4O/c1-2-25-16-9-5-14(6-10-16)18-11-17(13-3-7-15(20)8-4-13)23-19-21-12-22-24(18)19/h3-12,18H,2H2,1H3,(H,21,22,23)/t18-/m0/s1. The summed E-state index contributed by atoms with van der Waals surface area (Å²) in [7, 11) is 0. The van der Waals surface area contributed by atoms with E-state index in [4.69, 9.17) is 4.74 Å². The van der Waals surface area contributed by atoms with E-state index in [9.17, 15) is 0 Å². The number of ether oxygens (including phenoxy) is 1. The fourth-order valence-electron chi connectivity index (χ4n) is 2.90. The summed E-state index contributed by atoms with van der Waals surface area (Å²) >= 11 is 3.48. The number of benzene rings is 2. The summed E-state index contributed by atoms with van der Waals surface area (Å²) in [6, 6.07) is 16.3.